The van der Waals surface area contributed by atoms with Gasteiger partial charge >= 0.3 is 0 Å². The lowest BCUT2D eigenvalue weighted by Crippen LogP contribution is -2.39. The molecule has 0 atom stereocenters. The van der Waals surface area contributed by atoms with E-state index in [1.807, 2.05) is 0 Å². The van der Waals surface area contributed by atoms with Crippen molar-refractivity contribution in [2.45, 2.75) is 25.4 Å². The number of halogens is 2. The monoisotopic (exact) mass is 352 g/mol. The highest BCUT2D eigenvalue weighted by Crippen LogP contribution is 2.33. The summed E-state index contributed by atoms with van der Waals surface area (Å²) < 4.78 is 2.35. The molecule has 2 nitrogen and oxygen atoms in total. The zero-order valence-electron chi connectivity index (χ0n) is 8.38. The van der Waals surface area contributed by atoms with E-state index in [0.717, 1.165) is 36.9 Å². The van der Waals surface area contributed by atoms with E-state index in [1.165, 1.54) is 8.66 Å². The predicted octanol–water partition coefficient (Wildman–Crippen LogP) is 3.20. The molecule has 0 radical (unpaired) electrons. The van der Waals surface area contributed by atoms with Gasteiger partial charge in [-0.1, -0.05) is 0 Å². The summed E-state index contributed by atoms with van der Waals surface area (Å²) in [5, 5.41) is 0. The van der Waals surface area contributed by atoms with Crippen LogP contribution >= 0.6 is 43.2 Å². The number of hydrogen-bond donors (Lipinski definition) is 1. The van der Waals surface area contributed by atoms with E-state index in [4.69, 9.17) is 5.73 Å². The van der Waals surface area contributed by atoms with E-state index < -0.39 is 0 Å². The molecule has 0 saturated carbocycles. The average molecular weight is 354 g/mol. The second kappa shape index (κ2) is 5.27. The summed E-state index contributed by atoms with van der Waals surface area (Å²) in [7, 11) is 0. The number of thiophene rings is 1. The fourth-order valence-corrected chi connectivity index (χ4v) is 4.02. The van der Waals surface area contributed by atoms with Crippen molar-refractivity contribution in [2.24, 2.45) is 5.73 Å². The van der Waals surface area contributed by atoms with Crippen LogP contribution in [0, 0.1) is 0 Å². The highest BCUT2D eigenvalue weighted by atomic mass is 79.9. The lowest BCUT2D eigenvalue weighted by atomic mass is 10.1. The quantitative estimate of drug-likeness (QED) is 0.884. The van der Waals surface area contributed by atoms with Gasteiger partial charge in [0.15, 0.2) is 0 Å². The van der Waals surface area contributed by atoms with Gasteiger partial charge in [0.05, 0.1) is 3.79 Å². The Hall–Kier alpha value is 0.580. The minimum Gasteiger partial charge on any atom is -0.328 e. The van der Waals surface area contributed by atoms with Gasteiger partial charge in [-0.05, 0) is 63.9 Å². The summed E-state index contributed by atoms with van der Waals surface area (Å²) in [5.74, 6) is 0. The molecule has 84 valence electrons. The van der Waals surface area contributed by atoms with Crippen LogP contribution in [0.15, 0.2) is 14.3 Å². The van der Waals surface area contributed by atoms with Gasteiger partial charge in [-0.15, -0.1) is 11.3 Å². The Labute approximate surface area is 111 Å². The van der Waals surface area contributed by atoms with Gasteiger partial charge in [-0.25, -0.2) is 0 Å². The van der Waals surface area contributed by atoms with E-state index in [2.05, 4.69) is 42.8 Å². The minimum absolute atomic E-state index is 0.419. The first-order chi connectivity index (χ1) is 7.15. The Bertz CT molecular complexity index is 313. The molecule has 0 spiro atoms. The molecule has 0 unspecified atom stereocenters. The Balaban J connectivity index is 1.91. The van der Waals surface area contributed by atoms with Crippen LogP contribution in [0.2, 0.25) is 0 Å². The molecule has 1 aromatic heterocycles. The van der Waals surface area contributed by atoms with E-state index in [1.54, 1.807) is 11.3 Å². The molecule has 1 aliphatic rings. The van der Waals surface area contributed by atoms with Gasteiger partial charge in [-0.3, -0.25) is 4.90 Å². The third-order valence-electron chi connectivity index (χ3n) is 2.71. The maximum absolute atomic E-state index is 5.88. The molecule has 0 amide bonds. The lowest BCUT2D eigenvalue weighted by molar-refractivity contribution is 0.207. The molecule has 1 fully saturated rings. The number of nitrogens with zero attached hydrogens (tertiary/aromatic N) is 1. The van der Waals surface area contributed by atoms with Crippen molar-refractivity contribution in [3.63, 3.8) is 0 Å². The van der Waals surface area contributed by atoms with Crippen LogP contribution in [0.5, 0.6) is 0 Å². The van der Waals surface area contributed by atoms with Crippen LogP contribution in [0.25, 0.3) is 0 Å². The van der Waals surface area contributed by atoms with Gasteiger partial charge < -0.3 is 5.73 Å². The summed E-state index contributed by atoms with van der Waals surface area (Å²) in [6, 6.07) is 2.62. The maximum atomic E-state index is 5.88. The number of piperidine rings is 1. The molecular formula is C10H14Br2N2S. The van der Waals surface area contributed by atoms with Crippen molar-refractivity contribution in [3.8, 4) is 0 Å². The van der Waals surface area contributed by atoms with Crippen molar-refractivity contribution in [2.75, 3.05) is 13.1 Å². The van der Waals surface area contributed by atoms with Crippen molar-refractivity contribution in [1.29, 1.82) is 0 Å². The molecule has 1 aliphatic heterocycles. The molecule has 5 heteroatoms. The van der Waals surface area contributed by atoms with E-state index in [-0.39, 0.29) is 0 Å². The fourth-order valence-electron chi connectivity index (χ4n) is 1.80. The zero-order chi connectivity index (χ0) is 10.8. The fraction of sp³-hybridized carbons (Fsp3) is 0.600. The van der Waals surface area contributed by atoms with Crippen LogP contribution in [0.1, 0.15) is 17.7 Å². The first-order valence-corrected chi connectivity index (χ1v) is 7.47. The number of nitrogens with two attached hydrogens (primary N) is 1. The van der Waals surface area contributed by atoms with Crippen molar-refractivity contribution in [3.05, 3.63) is 19.2 Å². The topological polar surface area (TPSA) is 29.3 Å². The number of hydrogen-bond acceptors (Lipinski definition) is 3. The average Bonchev–Trinajstić information content (AvgIpc) is 2.50. The molecular weight excluding hydrogens is 340 g/mol. The molecule has 1 saturated heterocycles. The molecule has 2 rings (SSSR count). The van der Waals surface area contributed by atoms with Crippen LogP contribution in [-0.4, -0.2) is 24.0 Å². The highest BCUT2D eigenvalue weighted by Gasteiger charge is 2.17. The van der Waals surface area contributed by atoms with Gasteiger partial charge in [0, 0.05) is 21.9 Å². The molecule has 0 bridgehead atoms. The summed E-state index contributed by atoms with van der Waals surface area (Å²) in [5.41, 5.74) is 5.88. The highest BCUT2D eigenvalue weighted by molar-refractivity contribution is 9.13. The Morgan fingerprint density at radius 1 is 1.40 bits per heavy atom. The smallest absolute Gasteiger partial charge is 0.0843 e. The summed E-state index contributed by atoms with van der Waals surface area (Å²) >= 11 is 8.84. The maximum Gasteiger partial charge on any atom is 0.0843 e. The number of likely N-dealkylation sites (tertiary alicyclic amines) is 1. The van der Waals surface area contributed by atoms with E-state index in [9.17, 15) is 0 Å². The first-order valence-electron chi connectivity index (χ1n) is 5.07. The van der Waals surface area contributed by atoms with E-state index >= 15 is 0 Å². The Kier molecular flexibility index (Phi) is 4.24. The van der Waals surface area contributed by atoms with Crippen LogP contribution in [-0.2, 0) is 6.54 Å². The molecule has 0 aromatic carbocycles. The van der Waals surface area contributed by atoms with Gasteiger partial charge in [-0.2, -0.15) is 0 Å². The van der Waals surface area contributed by atoms with Gasteiger partial charge in [0.1, 0.15) is 0 Å². The summed E-state index contributed by atoms with van der Waals surface area (Å²) in [6.07, 6.45) is 2.27. The molecule has 15 heavy (non-hydrogen) atoms. The van der Waals surface area contributed by atoms with E-state index in [0.29, 0.717) is 6.04 Å². The van der Waals surface area contributed by atoms with Crippen molar-refractivity contribution < 1.29 is 0 Å². The largest absolute Gasteiger partial charge is 0.328 e. The lowest BCUT2D eigenvalue weighted by Gasteiger charge is -2.29. The van der Waals surface area contributed by atoms with Crippen LogP contribution in [0.4, 0.5) is 0 Å². The Morgan fingerprint density at radius 3 is 2.60 bits per heavy atom. The molecule has 2 N–H and O–H groups in total. The predicted molar refractivity (Wildman–Crippen MR) is 72.2 cm³/mol. The van der Waals surface area contributed by atoms with Gasteiger partial charge in [0.2, 0.25) is 0 Å². The second-order valence-electron chi connectivity index (χ2n) is 3.95. The standard InChI is InChI=1S/C10H14Br2N2S/c11-9-5-8(15-10(9)12)6-14-3-1-7(13)2-4-14/h5,7H,1-4,6,13H2. The molecule has 1 aromatic rings. The first kappa shape index (κ1) is 12.0. The van der Waals surface area contributed by atoms with Gasteiger partial charge in [0.25, 0.3) is 0 Å². The van der Waals surface area contributed by atoms with Crippen molar-refractivity contribution in [1.82, 2.24) is 4.90 Å². The summed E-state index contributed by atoms with van der Waals surface area (Å²) in [6.45, 7) is 3.32. The third-order valence-corrected chi connectivity index (χ3v) is 5.95. The van der Waals surface area contributed by atoms with Crippen LogP contribution in [0.3, 0.4) is 0 Å². The molecule has 2 heterocycles. The third kappa shape index (κ3) is 3.27. The van der Waals surface area contributed by atoms with Crippen molar-refractivity contribution >= 4 is 43.2 Å². The SMILES string of the molecule is NC1CCN(Cc2cc(Br)c(Br)s2)CC1. The second-order valence-corrected chi connectivity index (χ2v) is 7.26. The Morgan fingerprint density at radius 2 is 2.07 bits per heavy atom. The molecule has 0 aliphatic carbocycles. The summed E-state index contributed by atoms with van der Waals surface area (Å²) in [4.78, 5) is 3.89. The minimum atomic E-state index is 0.419. The zero-order valence-corrected chi connectivity index (χ0v) is 12.4. The normalized spacial score (nSPS) is 19.7. The van der Waals surface area contributed by atoms with Crippen LogP contribution < -0.4 is 5.73 Å². The number of rotatable bonds is 2.